The first-order valence-corrected chi connectivity index (χ1v) is 8.51. The van der Waals surface area contributed by atoms with Gasteiger partial charge < -0.3 is 4.74 Å². The molecule has 0 saturated heterocycles. The van der Waals surface area contributed by atoms with Crippen molar-refractivity contribution < 1.29 is 17.9 Å². The first-order valence-electron chi connectivity index (χ1n) is 7.03. The number of anilines is 2. The van der Waals surface area contributed by atoms with Crippen molar-refractivity contribution >= 4 is 27.5 Å². The fourth-order valence-electron chi connectivity index (χ4n) is 1.47. The third kappa shape index (κ3) is 4.91. The number of benzene rings is 1. The van der Waals surface area contributed by atoms with Crippen LogP contribution in [0.15, 0.2) is 18.2 Å². The highest BCUT2D eigenvalue weighted by Gasteiger charge is 2.29. The van der Waals surface area contributed by atoms with E-state index in [1.807, 2.05) is 0 Å². The third-order valence-corrected chi connectivity index (χ3v) is 4.98. The lowest BCUT2D eigenvalue weighted by Crippen LogP contribution is -2.33. The van der Waals surface area contributed by atoms with Crippen LogP contribution in [0.2, 0.25) is 0 Å². The van der Waals surface area contributed by atoms with Crippen LogP contribution in [0, 0.1) is 6.92 Å². The van der Waals surface area contributed by atoms with Gasteiger partial charge in [-0.05, 0) is 59.2 Å². The van der Waals surface area contributed by atoms with E-state index in [1.165, 1.54) is 0 Å². The molecule has 0 saturated carbocycles. The van der Waals surface area contributed by atoms with E-state index in [0.29, 0.717) is 11.4 Å². The third-order valence-electron chi connectivity index (χ3n) is 2.88. The second kappa shape index (κ2) is 6.56. The Morgan fingerprint density at radius 3 is 2.32 bits per heavy atom. The van der Waals surface area contributed by atoms with Gasteiger partial charge in [0.1, 0.15) is 0 Å². The van der Waals surface area contributed by atoms with Gasteiger partial charge >= 0.3 is 6.09 Å². The molecule has 0 aromatic heterocycles. The molecule has 22 heavy (non-hydrogen) atoms. The van der Waals surface area contributed by atoms with E-state index in [1.54, 1.807) is 59.7 Å². The summed E-state index contributed by atoms with van der Waals surface area (Å²) in [5.74, 6) is 0. The number of hydrogen-bond donors (Lipinski definition) is 2. The zero-order chi connectivity index (χ0) is 17.1. The summed E-state index contributed by atoms with van der Waals surface area (Å²) in [6.45, 7) is 10.1. The Bertz CT molecular complexity index is 646. The number of aryl methyl sites for hydroxylation is 1. The molecule has 124 valence electrons. The predicted molar refractivity (Wildman–Crippen MR) is 88.7 cm³/mol. The highest BCUT2D eigenvalue weighted by atomic mass is 32.2. The summed E-state index contributed by atoms with van der Waals surface area (Å²) in [5, 5.41) is 2.57. The number of carbonyl (C=O) groups excluding carboxylic acids is 1. The van der Waals surface area contributed by atoms with Crippen LogP contribution in [0.3, 0.4) is 0 Å². The topological polar surface area (TPSA) is 84.5 Å². The van der Waals surface area contributed by atoms with Crippen LogP contribution in [0.1, 0.15) is 40.2 Å². The van der Waals surface area contributed by atoms with Crippen molar-refractivity contribution in [2.45, 2.75) is 52.4 Å². The van der Waals surface area contributed by atoms with Crippen LogP contribution in [-0.2, 0) is 14.8 Å². The van der Waals surface area contributed by atoms with Gasteiger partial charge in [-0.1, -0.05) is 6.07 Å². The van der Waals surface area contributed by atoms with Gasteiger partial charge in [0.25, 0.3) is 0 Å². The fourth-order valence-corrected chi connectivity index (χ4v) is 2.28. The van der Waals surface area contributed by atoms with Gasteiger partial charge in [-0.2, -0.15) is 0 Å². The van der Waals surface area contributed by atoms with Gasteiger partial charge in [-0.3, -0.25) is 10.0 Å². The lowest BCUT2D eigenvalue weighted by molar-refractivity contribution is 0.130. The van der Waals surface area contributed by atoms with Crippen LogP contribution in [0.25, 0.3) is 0 Å². The minimum atomic E-state index is -3.53. The summed E-state index contributed by atoms with van der Waals surface area (Å²) in [4.78, 5) is 11.6. The van der Waals surface area contributed by atoms with E-state index < -0.39 is 20.9 Å². The lowest BCUT2D eigenvalue weighted by Gasteiger charge is -2.21. The molecular formula is C15H24N2O4S. The second-order valence-electron chi connectivity index (χ2n) is 6.33. The maximum atomic E-state index is 12.2. The van der Waals surface area contributed by atoms with Crippen molar-refractivity contribution in [2.75, 3.05) is 10.0 Å². The number of ether oxygens (including phenoxy) is 1. The van der Waals surface area contributed by atoms with Crippen molar-refractivity contribution in [2.24, 2.45) is 0 Å². The number of hydrogen-bond acceptors (Lipinski definition) is 4. The standard InChI is InChI=1S/C15H24N2O4S/c1-10(2)21-14(18)16-12-8-7-11(3)13(9-12)17-22(19,20)15(4,5)6/h7-10,17H,1-6H3,(H,16,18). The highest BCUT2D eigenvalue weighted by Crippen LogP contribution is 2.25. The SMILES string of the molecule is Cc1ccc(NC(=O)OC(C)C)cc1NS(=O)(=O)C(C)(C)C. The molecule has 0 spiro atoms. The van der Waals surface area contributed by atoms with Crippen molar-refractivity contribution in [3.8, 4) is 0 Å². The van der Waals surface area contributed by atoms with E-state index in [4.69, 9.17) is 4.74 Å². The molecule has 1 aromatic carbocycles. The molecular weight excluding hydrogens is 304 g/mol. The Kier molecular flexibility index (Phi) is 5.45. The Hall–Kier alpha value is -1.76. The zero-order valence-electron chi connectivity index (χ0n) is 13.9. The fraction of sp³-hybridized carbons (Fsp3) is 0.533. The van der Waals surface area contributed by atoms with E-state index in [0.717, 1.165) is 5.56 Å². The highest BCUT2D eigenvalue weighted by molar-refractivity contribution is 7.94. The lowest BCUT2D eigenvalue weighted by atomic mass is 10.2. The Morgan fingerprint density at radius 1 is 1.23 bits per heavy atom. The van der Waals surface area contributed by atoms with Crippen molar-refractivity contribution in [1.82, 2.24) is 0 Å². The Morgan fingerprint density at radius 2 is 1.82 bits per heavy atom. The first-order chi connectivity index (χ1) is 9.92. The van der Waals surface area contributed by atoms with Crippen LogP contribution in [0.4, 0.5) is 16.2 Å². The molecule has 2 N–H and O–H groups in total. The predicted octanol–water partition coefficient (Wildman–Crippen LogP) is 3.49. The maximum absolute atomic E-state index is 12.2. The summed E-state index contributed by atoms with van der Waals surface area (Å²) in [5.41, 5.74) is 1.65. The summed E-state index contributed by atoms with van der Waals surface area (Å²) in [6, 6.07) is 4.98. The van der Waals surface area contributed by atoms with E-state index in [9.17, 15) is 13.2 Å². The molecule has 0 atom stereocenters. The Balaban J connectivity index is 2.99. The molecule has 0 fully saturated rings. The van der Waals surface area contributed by atoms with Gasteiger partial charge in [0.15, 0.2) is 0 Å². The summed E-state index contributed by atoms with van der Waals surface area (Å²) >= 11 is 0. The minimum absolute atomic E-state index is 0.232. The van der Waals surface area contributed by atoms with E-state index >= 15 is 0 Å². The number of rotatable bonds is 4. The number of carbonyl (C=O) groups is 1. The Labute approximate surface area is 132 Å². The number of amides is 1. The van der Waals surface area contributed by atoms with Gasteiger partial charge in [-0.15, -0.1) is 0 Å². The normalized spacial score (nSPS) is 12.1. The molecule has 0 bridgehead atoms. The van der Waals surface area contributed by atoms with Crippen molar-refractivity contribution in [3.05, 3.63) is 23.8 Å². The molecule has 0 heterocycles. The van der Waals surface area contributed by atoms with Crippen LogP contribution < -0.4 is 10.0 Å². The van der Waals surface area contributed by atoms with Crippen LogP contribution in [0.5, 0.6) is 0 Å². The van der Waals surface area contributed by atoms with Crippen LogP contribution in [-0.4, -0.2) is 25.4 Å². The van der Waals surface area contributed by atoms with Crippen molar-refractivity contribution in [1.29, 1.82) is 0 Å². The smallest absolute Gasteiger partial charge is 0.411 e. The molecule has 6 nitrogen and oxygen atoms in total. The number of nitrogens with one attached hydrogen (secondary N) is 2. The van der Waals surface area contributed by atoms with Gasteiger partial charge in [0.2, 0.25) is 10.0 Å². The summed E-state index contributed by atoms with van der Waals surface area (Å²) in [7, 11) is -3.53. The summed E-state index contributed by atoms with van der Waals surface area (Å²) < 4.78 is 31.1. The maximum Gasteiger partial charge on any atom is 0.411 e. The molecule has 1 amide bonds. The molecule has 0 aliphatic rings. The van der Waals surface area contributed by atoms with Gasteiger partial charge in [0.05, 0.1) is 16.5 Å². The molecule has 0 radical (unpaired) electrons. The molecule has 7 heteroatoms. The van der Waals surface area contributed by atoms with Crippen LogP contribution >= 0.6 is 0 Å². The zero-order valence-corrected chi connectivity index (χ0v) is 14.7. The van der Waals surface area contributed by atoms with Gasteiger partial charge in [-0.25, -0.2) is 13.2 Å². The first kappa shape index (κ1) is 18.3. The average Bonchev–Trinajstić information content (AvgIpc) is 2.30. The molecule has 0 unspecified atom stereocenters. The monoisotopic (exact) mass is 328 g/mol. The largest absolute Gasteiger partial charge is 0.447 e. The second-order valence-corrected chi connectivity index (χ2v) is 8.76. The van der Waals surface area contributed by atoms with E-state index in [-0.39, 0.29) is 6.10 Å². The number of sulfonamides is 1. The minimum Gasteiger partial charge on any atom is -0.447 e. The average molecular weight is 328 g/mol. The molecule has 0 aliphatic carbocycles. The molecule has 1 aromatic rings. The molecule has 1 rings (SSSR count). The van der Waals surface area contributed by atoms with Crippen molar-refractivity contribution in [3.63, 3.8) is 0 Å². The molecule has 0 aliphatic heterocycles. The van der Waals surface area contributed by atoms with E-state index in [2.05, 4.69) is 10.0 Å². The van der Waals surface area contributed by atoms with Gasteiger partial charge in [0, 0.05) is 5.69 Å². The quantitative estimate of drug-likeness (QED) is 0.886. The summed E-state index contributed by atoms with van der Waals surface area (Å²) in [6.07, 6.45) is -0.812.